The number of amides is 1. The van der Waals surface area contributed by atoms with Gasteiger partial charge >= 0.3 is 5.97 Å². The number of carboxylic acids is 1. The molecule has 0 bridgehead atoms. The van der Waals surface area contributed by atoms with E-state index in [1.165, 1.54) is 5.01 Å². The molecule has 0 unspecified atom stereocenters. The van der Waals surface area contributed by atoms with Crippen molar-refractivity contribution in [3.05, 3.63) is 18.0 Å². The molecule has 7 heteroatoms. The van der Waals surface area contributed by atoms with Crippen LogP contribution >= 0.6 is 0 Å². The molecule has 1 N–H and O–H groups in total. The number of hydrogen-bond acceptors (Lipinski definition) is 4. The minimum absolute atomic E-state index is 0.0166. The summed E-state index contributed by atoms with van der Waals surface area (Å²) in [6, 6.07) is 2.04. The Morgan fingerprint density at radius 1 is 1.47 bits per heavy atom. The van der Waals surface area contributed by atoms with Gasteiger partial charge in [0.05, 0.1) is 12.2 Å². The van der Waals surface area contributed by atoms with Crippen molar-refractivity contribution in [2.45, 2.75) is 39.3 Å². The van der Waals surface area contributed by atoms with Crippen molar-refractivity contribution >= 4 is 17.6 Å². The van der Waals surface area contributed by atoms with Crippen LogP contribution in [0, 0.1) is 0 Å². The van der Waals surface area contributed by atoms with E-state index < -0.39 is 5.97 Å². The number of aliphatic carboxylic acids is 1. The minimum atomic E-state index is -1.08. The minimum Gasteiger partial charge on any atom is -0.477 e. The van der Waals surface area contributed by atoms with Crippen LogP contribution in [-0.4, -0.2) is 37.5 Å². The van der Waals surface area contributed by atoms with Gasteiger partial charge in [-0.15, -0.1) is 0 Å². The quantitative estimate of drug-likeness (QED) is 0.879. The number of carbonyl (C=O) groups is 2. The molecule has 19 heavy (non-hydrogen) atoms. The first-order valence-electron chi connectivity index (χ1n) is 6.12. The van der Waals surface area contributed by atoms with E-state index in [1.54, 1.807) is 10.7 Å². The second-order valence-electron chi connectivity index (χ2n) is 4.68. The van der Waals surface area contributed by atoms with Crippen molar-refractivity contribution in [3.8, 4) is 0 Å². The predicted molar refractivity (Wildman–Crippen MR) is 67.5 cm³/mol. The third-order valence-corrected chi connectivity index (χ3v) is 2.86. The number of aromatic nitrogens is 2. The summed E-state index contributed by atoms with van der Waals surface area (Å²) in [5.74, 6) is -1.26. The van der Waals surface area contributed by atoms with E-state index in [-0.39, 0.29) is 37.0 Å². The topological polar surface area (TPSA) is 87.8 Å². The van der Waals surface area contributed by atoms with Gasteiger partial charge in [-0.1, -0.05) is 0 Å². The zero-order valence-electron chi connectivity index (χ0n) is 10.9. The van der Waals surface area contributed by atoms with Crippen LogP contribution in [0.2, 0.25) is 0 Å². The van der Waals surface area contributed by atoms with Gasteiger partial charge in [0.2, 0.25) is 5.91 Å². The number of nitrogens with zero attached hydrogens (tertiary/aromatic N) is 4. The first-order chi connectivity index (χ1) is 8.97. The first-order valence-corrected chi connectivity index (χ1v) is 6.12. The van der Waals surface area contributed by atoms with Gasteiger partial charge in [-0.05, 0) is 19.9 Å². The molecular formula is C12H16N4O3. The number of carboxylic acid groups (broad SMARTS) is 1. The van der Waals surface area contributed by atoms with E-state index in [2.05, 4.69) is 10.2 Å². The lowest BCUT2D eigenvalue weighted by molar-refractivity contribution is -0.133. The maximum atomic E-state index is 11.7. The van der Waals surface area contributed by atoms with Gasteiger partial charge in [0, 0.05) is 25.1 Å². The third-order valence-electron chi connectivity index (χ3n) is 2.86. The first kappa shape index (κ1) is 13.3. The monoisotopic (exact) mass is 264 g/mol. The summed E-state index contributed by atoms with van der Waals surface area (Å²) in [5, 5.41) is 18.3. The van der Waals surface area contributed by atoms with E-state index in [0.717, 1.165) is 0 Å². The Morgan fingerprint density at radius 3 is 2.79 bits per heavy atom. The summed E-state index contributed by atoms with van der Waals surface area (Å²) in [6.45, 7) is 4.21. The van der Waals surface area contributed by atoms with E-state index in [4.69, 9.17) is 5.11 Å². The van der Waals surface area contributed by atoms with E-state index in [9.17, 15) is 9.59 Å². The highest BCUT2D eigenvalue weighted by atomic mass is 16.4. The Hall–Kier alpha value is -2.18. The Bertz CT molecular complexity index is 533. The Balaban J connectivity index is 2.14. The molecular weight excluding hydrogens is 248 g/mol. The zero-order valence-corrected chi connectivity index (χ0v) is 10.9. The molecule has 7 nitrogen and oxygen atoms in total. The standard InChI is InChI=1S/C12H16N4O3/c1-8(2)15-6-5-9(13-15)7-16-11(17)4-3-10(14-16)12(18)19/h5-6,8H,3-4,7H2,1-2H3,(H,18,19). The van der Waals surface area contributed by atoms with Crippen LogP contribution in [0.5, 0.6) is 0 Å². The smallest absolute Gasteiger partial charge is 0.352 e. The van der Waals surface area contributed by atoms with Gasteiger partial charge < -0.3 is 5.11 Å². The summed E-state index contributed by atoms with van der Waals surface area (Å²) in [4.78, 5) is 22.6. The highest BCUT2D eigenvalue weighted by molar-refractivity contribution is 6.36. The van der Waals surface area contributed by atoms with Crippen molar-refractivity contribution in [1.82, 2.24) is 14.8 Å². The second-order valence-corrected chi connectivity index (χ2v) is 4.68. The Labute approximate surface area is 110 Å². The lowest BCUT2D eigenvalue weighted by Gasteiger charge is -2.21. The third kappa shape index (κ3) is 2.98. The van der Waals surface area contributed by atoms with Gasteiger partial charge in [-0.2, -0.15) is 10.2 Å². The predicted octanol–water partition coefficient (Wildman–Crippen LogP) is 1.03. The summed E-state index contributed by atoms with van der Waals surface area (Å²) >= 11 is 0. The van der Waals surface area contributed by atoms with Gasteiger partial charge in [0.25, 0.3) is 0 Å². The lowest BCUT2D eigenvalue weighted by atomic mass is 10.1. The van der Waals surface area contributed by atoms with Crippen molar-refractivity contribution in [2.75, 3.05) is 0 Å². The summed E-state index contributed by atoms with van der Waals surface area (Å²) < 4.78 is 1.78. The fourth-order valence-corrected chi connectivity index (χ4v) is 1.78. The average molecular weight is 264 g/mol. The molecule has 0 spiro atoms. The highest BCUT2D eigenvalue weighted by Crippen LogP contribution is 2.13. The molecule has 1 aliphatic rings. The van der Waals surface area contributed by atoms with Gasteiger partial charge in [0.1, 0.15) is 5.71 Å². The maximum Gasteiger partial charge on any atom is 0.352 e. The molecule has 1 aliphatic heterocycles. The van der Waals surface area contributed by atoms with Crippen LogP contribution in [0.1, 0.15) is 38.4 Å². The molecule has 2 rings (SSSR count). The number of hydrogen-bond donors (Lipinski definition) is 1. The Morgan fingerprint density at radius 2 is 2.21 bits per heavy atom. The zero-order chi connectivity index (χ0) is 14.0. The number of carbonyl (C=O) groups excluding carboxylic acids is 1. The lowest BCUT2D eigenvalue weighted by Crippen LogP contribution is -2.34. The maximum absolute atomic E-state index is 11.7. The Kier molecular flexibility index (Phi) is 3.64. The molecule has 0 aliphatic carbocycles. The molecule has 0 aromatic carbocycles. The molecule has 0 saturated heterocycles. The van der Waals surface area contributed by atoms with Crippen LogP contribution in [0.4, 0.5) is 0 Å². The van der Waals surface area contributed by atoms with E-state index >= 15 is 0 Å². The normalized spacial score (nSPS) is 15.8. The van der Waals surface area contributed by atoms with E-state index in [1.807, 2.05) is 20.0 Å². The number of rotatable bonds is 4. The van der Waals surface area contributed by atoms with Crippen LogP contribution in [0.15, 0.2) is 17.4 Å². The molecule has 0 atom stereocenters. The average Bonchev–Trinajstić information content (AvgIpc) is 2.80. The van der Waals surface area contributed by atoms with Crippen LogP contribution in [-0.2, 0) is 16.1 Å². The van der Waals surface area contributed by atoms with Crippen molar-refractivity contribution in [1.29, 1.82) is 0 Å². The van der Waals surface area contributed by atoms with E-state index in [0.29, 0.717) is 5.69 Å². The summed E-state index contributed by atoms with van der Waals surface area (Å²) in [6.07, 6.45) is 2.19. The second kappa shape index (κ2) is 5.21. The molecule has 1 aromatic heterocycles. The van der Waals surface area contributed by atoms with Crippen molar-refractivity contribution in [2.24, 2.45) is 5.10 Å². The van der Waals surface area contributed by atoms with Crippen molar-refractivity contribution < 1.29 is 14.7 Å². The fraction of sp³-hybridized carbons (Fsp3) is 0.500. The SMILES string of the molecule is CC(C)n1ccc(CN2N=C(C(=O)O)CCC2=O)n1. The molecule has 0 saturated carbocycles. The van der Waals surface area contributed by atoms with Gasteiger partial charge in [-0.25, -0.2) is 9.80 Å². The fourth-order valence-electron chi connectivity index (χ4n) is 1.78. The summed E-state index contributed by atoms with van der Waals surface area (Å²) in [5.41, 5.74) is 0.709. The van der Waals surface area contributed by atoms with Crippen molar-refractivity contribution in [3.63, 3.8) is 0 Å². The molecule has 2 heterocycles. The van der Waals surface area contributed by atoms with Crippen LogP contribution in [0.25, 0.3) is 0 Å². The van der Waals surface area contributed by atoms with Gasteiger partial charge in [-0.3, -0.25) is 9.48 Å². The van der Waals surface area contributed by atoms with Gasteiger partial charge in [0.15, 0.2) is 0 Å². The molecule has 0 radical (unpaired) electrons. The summed E-state index contributed by atoms with van der Waals surface area (Å²) in [7, 11) is 0. The largest absolute Gasteiger partial charge is 0.477 e. The van der Waals surface area contributed by atoms with Crippen LogP contribution in [0.3, 0.4) is 0 Å². The molecule has 1 amide bonds. The molecule has 102 valence electrons. The van der Waals surface area contributed by atoms with Crippen LogP contribution < -0.4 is 0 Å². The highest BCUT2D eigenvalue weighted by Gasteiger charge is 2.24. The molecule has 0 fully saturated rings. The molecule has 1 aromatic rings. The number of hydrazone groups is 1.